The van der Waals surface area contributed by atoms with Crippen LogP contribution in [0.3, 0.4) is 0 Å². The van der Waals surface area contributed by atoms with Crippen molar-refractivity contribution in [2.45, 2.75) is 43.4 Å². The standard InChI is InChI=1S/C25H27NO/c27-24-19-11-10-18-23(24)26-25(20-12-4-1-5-13-20,21-14-6-2-7-15-21)22-16-8-3-9-17-22/h1-9,12-17,23-24,26-27H,10-11,18-19H2/t23-,24+/m1/s1. The van der Waals surface area contributed by atoms with Gasteiger partial charge in [0.05, 0.1) is 11.6 Å². The average molecular weight is 357 g/mol. The van der Waals surface area contributed by atoms with Crippen LogP contribution >= 0.6 is 0 Å². The van der Waals surface area contributed by atoms with E-state index in [0.717, 1.165) is 25.7 Å². The Morgan fingerprint density at radius 3 is 1.44 bits per heavy atom. The average Bonchev–Trinajstić information content (AvgIpc) is 2.75. The maximum absolute atomic E-state index is 10.7. The lowest BCUT2D eigenvalue weighted by Gasteiger charge is -2.42. The molecule has 0 amide bonds. The summed E-state index contributed by atoms with van der Waals surface area (Å²) in [4.78, 5) is 0. The maximum Gasteiger partial charge on any atom is 0.0950 e. The molecule has 0 unspecified atom stereocenters. The summed E-state index contributed by atoms with van der Waals surface area (Å²) in [5, 5.41) is 14.6. The van der Waals surface area contributed by atoms with Crippen molar-refractivity contribution in [2.75, 3.05) is 0 Å². The van der Waals surface area contributed by atoms with Gasteiger partial charge in [0.1, 0.15) is 0 Å². The monoisotopic (exact) mass is 357 g/mol. The van der Waals surface area contributed by atoms with Crippen LogP contribution in [0.1, 0.15) is 42.4 Å². The first-order valence-corrected chi connectivity index (χ1v) is 9.93. The van der Waals surface area contributed by atoms with Crippen LogP contribution in [0.15, 0.2) is 91.0 Å². The van der Waals surface area contributed by atoms with E-state index in [2.05, 4.69) is 96.3 Å². The van der Waals surface area contributed by atoms with Crippen LogP contribution in [0.4, 0.5) is 0 Å². The Morgan fingerprint density at radius 2 is 1.04 bits per heavy atom. The normalized spacial score (nSPS) is 20.3. The zero-order valence-electron chi connectivity index (χ0n) is 15.6. The fraction of sp³-hybridized carbons (Fsp3) is 0.280. The van der Waals surface area contributed by atoms with E-state index >= 15 is 0 Å². The number of rotatable bonds is 5. The highest BCUT2D eigenvalue weighted by atomic mass is 16.3. The Bertz CT molecular complexity index is 735. The molecule has 0 aromatic heterocycles. The minimum absolute atomic E-state index is 0.0689. The van der Waals surface area contributed by atoms with Crippen LogP contribution in [0.25, 0.3) is 0 Å². The first-order valence-electron chi connectivity index (χ1n) is 9.93. The fourth-order valence-corrected chi connectivity index (χ4v) is 4.37. The van der Waals surface area contributed by atoms with Crippen LogP contribution in [0, 0.1) is 0 Å². The Balaban J connectivity index is 1.91. The summed E-state index contributed by atoms with van der Waals surface area (Å²) in [5.74, 6) is 0. The summed E-state index contributed by atoms with van der Waals surface area (Å²) in [5.41, 5.74) is 3.09. The molecule has 1 saturated carbocycles. The van der Waals surface area contributed by atoms with Crippen molar-refractivity contribution in [3.63, 3.8) is 0 Å². The van der Waals surface area contributed by atoms with Gasteiger partial charge in [-0.3, -0.25) is 5.32 Å². The smallest absolute Gasteiger partial charge is 0.0950 e. The molecule has 4 rings (SSSR count). The molecular formula is C25H27NO. The van der Waals surface area contributed by atoms with Crippen molar-refractivity contribution in [1.29, 1.82) is 0 Å². The summed E-state index contributed by atoms with van der Waals surface area (Å²) in [6.07, 6.45) is 3.81. The molecule has 3 aromatic rings. The summed E-state index contributed by atoms with van der Waals surface area (Å²) < 4.78 is 0. The van der Waals surface area contributed by atoms with Gasteiger partial charge in [0.15, 0.2) is 0 Å². The number of aliphatic hydroxyl groups is 1. The number of nitrogens with one attached hydrogen (secondary N) is 1. The third-order valence-electron chi connectivity index (χ3n) is 5.75. The van der Waals surface area contributed by atoms with Gasteiger partial charge in [-0.05, 0) is 29.5 Å². The Labute approximate surface area is 161 Å². The third kappa shape index (κ3) is 3.55. The topological polar surface area (TPSA) is 32.3 Å². The minimum Gasteiger partial charge on any atom is -0.392 e. The summed E-state index contributed by atoms with van der Waals surface area (Å²) in [6, 6.07) is 31.9. The lowest BCUT2D eigenvalue weighted by Crippen LogP contribution is -2.54. The van der Waals surface area contributed by atoms with E-state index < -0.39 is 5.54 Å². The van der Waals surface area contributed by atoms with Gasteiger partial charge in [0.2, 0.25) is 0 Å². The van der Waals surface area contributed by atoms with E-state index in [0.29, 0.717) is 0 Å². The van der Waals surface area contributed by atoms with Crippen molar-refractivity contribution in [1.82, 2.24) is 5.32 Å². The van der Waals surface area contributed by atoms with Gasteiger partial charge in [-0.15, -0.1) is 0 Å². The Morgan fingerprint density at radius 1 is 0.630 bits per heavy atom. The molecule has 2 heteroatoms. The molecule has 1 aliphatic rings. The van der Waals surface area contributed by atoms with E-state index in [1.807, 2.05) is 0 Å². The van der Waals surface area contributed by atoms with Gasteiger partial charge in [0.25, 0.3) is 0 Å². The van der Waals surface area contributed by atoms with Gasteiger partial charge in [-0.1, -0.05) is 104 Å². The molecule has 0 heterocycles. The van der Waals surface area contributed by atoms with Gasteiger partial charge in [-0.25, -0.2) is 0 Å². The van der Waals surface area contributed by atoms with E-state index in [9.17, 15) is 5.11 Å². The molecule has 0 bridgehead atoms. The maximum atomic E-state index is 10.7. The van der Waals surface area contributed by atoms with Crippen LogP contribution in [-0.2, 0) is 5.54 Å². The first kappa shape index (κ1) is 18.0. The van der Waals surface area contributed by atoms with Crippen LogP contribution in [0.5, 0.6) is 0 Å². The highest BCUT2D eigenvalue weighted by molar-refractivity contribution is 5.49. The predicted octanol–water partition coefficient (Wildman–Crippen LogP) is 4.87. The molecule has 2 atom stereocenters. The van der Waals surface area contributed by atoms with Crippen LogP contribution in [0.2, 0.25) is 0 Å². The minimum atomic E-state index is -0.493. The Hall–Kier alpha value is -2.42. The Kier molecular flexibility index (Phi) is 5.38. The number of hydrogen-bond acceptors (Lipinski definition) is 2. The second kappa shape index (κ2) is 8.08. The van der Waals surface area contributed by atoms with Gasteiger partial charge >= 0.3 is 0 Å². The zero-order valence-corrected chi connectivity index (χ0v) is 15.6. The van der Waals surface area contributed by atoms with E-state index in [4.69, 9.17) is 0 Å². The highest BCUT2D eigenvalue weighted by Gasteiger charge is 2.39. The van der Waals surface area contributed by atoms with E-state index in [1.54, 1.807) is 0 Å². The molecule has 1 fully saturated rings. The van der Waals surface area contributed by atoms with Gasteiger partial charge in [-0.2, -0.15) is 0 Å². The molecule has 1 aliphatic carbocycles. The second-order valence-corrected chi connectivity index (χ2v) is 7.45. The fourth-order valence-electron chi connectivity index (χ4n) is 4.37. The largest absolute Gasteiger partial charge is 0.392 e. The lowest BCUT2D eigenvalue weighted by molar-refractivity contribution is 0.0804. The lowest BCUT2D eigenvalue weighted by atomic mass is 9.75. The van der Waals surface area contributed by atoms with E-state index in [1.165, 1.54) is 16.7 Å². The molecular weight excluding hydrogens is 330 g/mol. The molecule has 0 spiro atoms. The molecule has 3 aromatic carbocycles. The van der Waals surface area contributed by atoms with Gasteiger partial charge in [0, 0.05) is 6.04 Å². The molecule has 2 nitrogen and oxygen atoms in total. The van der Waals surface area contributed by atoms with Crippen molar-refractivity contribution < 1.29 is 5.11 Å². The second-order valence-electron chi connectivity index (χ2n) is 7.45. The SMILES string of the molecule is O[C@H]1CCCC[C@H]1NC(c1ccccc1)(c1ccccc1)c1ccccc1. The number of aliphatic hydroxyl groups excluding tert-OH is 1. The predicted molar refractivity (Wildman–Crippen MR) is 111 cm³/mol. The van der Waals surface area contributed by atoms with Crippen molar-refractivity contribution in [3.8, 4) is 0 Å². The van der Waals surface area contributed by atoms with Crippen LogP contribution < -0.4 is 5.32 Å². The zero-order chi connectivity index (χ0) is 18.5. The summed E-state index contributed by atoms with van der Waals surface area (Å²) in [7, 11) is 0. The molecule has 0 radical (unpaired) electrons. The molecule has 138 valence electrons. The quantitative estimate of drug-likeness (QED) is 0.639. The van der Waals surface area contributed by atoms with Crippen molar-refractivity contribution in [2.24, 2.45) is 0 Å². The first-order chi connectivity index (χ1) is 13.3. The number of benzene rings is 3. The van der Waals surface area contributed by atoms with Crippen molar-refractivity contribution in [3.05, 3.63) is 108 Å². The summed E-state index contributed by atoms with van der Waals surface area (Å²) >= 11 is 0. The molecule has 27 heavy (non-hydrogen) atoms. The number of hydrogen-bond donors (Lipinski definition) is 2. The van der Waals surface area contributed by atoms with Crippen molar-refractivity contribution >= 4 is 0 Å². The third-order valence-corrected chi connectivity index (χ3v) is 5.75. The van der Waals surface area contributed by atoms with Gasteiger partial charge < -0.3 is 5.11 Å². The van der Waals surface area contributed by atoms with Crippen LogP contribution in [-0.4, -0.2) is 17.3 Å². The van der Waals surface area contributed by atoms with E-state index in [-0.39, 0.29) is 12.1 Å². The molecule has 0 aliphatic heterocycles. The highest BCUT2D eigenvalue weighted by Crippen LogP contribution is 2.38. The summed E-state index contributed by atoms with van der Waals surface area (Å²) in [6.45, 7) is 0. The molecule has 0 saturated heterocycles. The molecule has 2 N–H and O–H groups in total.